The molecule has 1 aromatic rings. The fourth-order valence-electron chi connectivity index (χ4n) is 1.50. The minimum absolute atomic E-state index is 0.252. The van der Waals surface area contributed by atoms with Gasteiger partial charge in [0.2, 0.25) is 0 Å². The maximum atomic E-state index is 11.0. The Morgan fingerprint density at radius 2 is 2.32 bits per heavy atom. The van der Waals surface area contributed by atoms with Crippen LogP contribution in [0.1, 0.15) is 29.4 Å². The van der Waals surface area contributed by atoms with Crippen molar-refractivity contribution in [1.29, 1.82) is 0 Å². The quantitative estimate of drug-likeness (QED) is 0.529. The first-order valence-corrected chi connectivity index (χ1v) is 6.34. The molecule has 0 aliphatic carbocycles. The van der Waals surface area contributed by atoms with E-state index in [0.29, 0.717) is 32.0 Å². The molecule has 0 aliphatic heterocycles. The summed E-state index contributed by atoms with van der Waals surface area (Å²) in [5.74, 6) is -0.369. The lowest BCUT2D eigenvalue weighted by molar-refractivity contribution is 0.0696. The van der Waals surface area contributed by atoms with E-state index in [0.717, 1.165) is 12.1 Å². The first-order chi connectivity index (χ1) is 9.17. The molecule has 1 aromatic heterocycles. The Balaban J connectivity index is 2.50. The second-order valence-corrected chi connectivity index (χ2v) is 4.01. The molecule has 0 spiro atoms. The number of nitrogens with one attached hydrogen (secondary N) is 1. The maximum Gasteiger partial charge on any atom is 0.335 e. The molecule has 0 unspecified atom stereocenters. The van der Waals surface area contributed by atoms with E-state index in [-0.39, 0.29) is 5.56 Å². The lowest BCUT2D eigenvalue weighted by Crippen LogP contribution is -2.12. The number of pyridine rings is 1. The van der Waals surface area contributed by atoms with Crippen molar-refractivity contribution in [2.75, 3.05) is 25.1 Å². The van der Waals surface area contributed by atoms with E-state index < -0.39 is 5.97 Å². The average molecular weight is 264 g/mol. The van der Waals surface area contributed by atoms with E-state index in [2.05, 4.69) is 16.9 Å². The molecular weight excluding hydrogens is 244 g/mol. The van der Waals surface area contributed by atoms with Gasteiger partial charge in [-0.05, 0) is 25.0 Å². The van der Waals surface area contributed by atoms with Gasteiger partial charge < -0.3 is 15.2 Å². The molecule has 1 heterocycles. The van der Waals surface area contributed by atoms with Gasteiger partial charge >= 0.3 is 5.97 Å². The highest BCUT2D eigenvalue weighted by Crippen LogP contribution is 2.11. The summed E-state index contributed by atoms with van der Waals surface area (Å²) in [6.07, 6.45) is 3.33. The molecule has 0 radical (unpaired) electrons. The van der Waals surface area contributed by atoms with Crippen LogP contribution in [0.2, 0.25) is 0 Å². The molecule has 0 fully saturated rings. The van der Waals surface area contributed by atoms with E-state index in [4.69, 9.17) is 9.84 Å². The standard InChI is InChI=1S/C14H20N2O3/c1-3-5-7-19-8-6-15-13-10-11(14(17)18)9-12(4-2)16-13/h3,9-10H,1,4-8H2,2H3,(H,15,16)(H,17,18). The second-order valence-electron chi connectivity index (χ2n) is 4.01. The summed E-state index contributed by atoms with van der Waals surface area (Å²) in [5, 5.41) is 12.1. The van der Waals surface area contributed by atoms with Crippen LogP contribution in [0.5, 0.6) is 0 Å². The Morgan fingerprint density at radius 1 is 1.53 bits per heavy atom. The molecule has 0 aromatic carbocycles. The SMILES string of the molecule is C=CCCOCCNc1cc(C(=O)O)cc(CC)n1. The predicted octanol–water partition coefficient (Wildman–Crippen LogP) is 2.35. The molecule has 0 saturated carbocycles. The summed E-state index contributed by atoms with van der Waals surface area (Å²) in [5.41, 5.74) is 1.01. The third kappa shape index (κ3) is 5.52. The Morgan fingerprint density at radius 3 is 2.95 bits per heavy atom. The number of carboxylic acids is 1. The van der Waals surface area contributed by atoms with Gasteiger partial charge in [-0.1, -0.05) is 13.0 Å². The van der Waals surface area contributed by atoms with Crippen molar-refractivity contribution in [3.63, 3.8) is 0 Å². The zero-order chi connectivity index (χ0) is 14.1. The minimum Gasteiger partial charge on any atom is -0.478 e. The summed E-state index contributed by atoms with van der Waals surface area (Å²) >= 11 is 0. The fraction of sp³-hybridized carbons (Fsp3) is 0.429. The first-order valence-electron chi connectivity index (χ1n) is 6.34. The second kappa shape index (κ2) is 8.26. The van der Waals surface area contributed by atoms with Crippen molar-refractivity contribution < 1.29 is 14.6 Å². The van der Waals surface area contributed by atoms with E-state index in [9.17, 15) is 4.79 Å². The highest BCUT2D eigenvalue weighted by Gasteiger charge is 2.07. The zero-order valence-electron chi connectivity index (χ0n) is 11.2. The summed E-state index contributed by atoms with van der Waals surface area (Å²) in [4.78, 5) is 15.3. The number of nitrogens with zero attached hydrogens (tertiary/aromatic N) is 1. The van der Waals surface area contributed by atoms with Gasteiger partial charge in [0.1, 0.15) is 5.82 Å². The molecule has 104 valence electrons. The number of hydrogen-bond acceptors (Lipinski definition) is 4. The monoisotopic (exact) mass is 264 g/mol. The fourth-order valence-corrected chi connectivity index (χ4v) is 1.50. The molecule has 0 atom stereocenters. The lowest BCUT2D eigenvalue weighted by Gasteiger charge is -2.08. The van der Waals surface area contributed by atoms with E-state index in [1.165, 1.54) is 6.07 Å². The van der Waals surface area contributed by atoms with Crippen LogP contribution in [-0.2, 0) is 11.2 Å². The van der Waals surface area contributed by atoms with Crippen molar-refractivity contribution in [2.45, 2.75) is 19.8 Å². The first kappa shape index (κ1) is 15.2. The molecular formula is C14H20N2O3. The molecule has 0 bridgehead atoms. The third-order valence-electron chi connectivity index (χ3n) is 2.51. The molecule has 5 heteroatoms. The van der Waals surface area contributed by atoms with Gasteiger partial charge in [0.25, 0.3) is 0 Å². The topological polar surface area (TPSA) is 71.5 Å². The number of rotatable bonds is 9. The highest BCUT2D eigenvalue weighted by molar-refractivity contribution is 5.88. The molecule has 0 aliphatic rings. The minimum atomic E-state index is -0.942. The Kier molecular flexibility index (Phi) is 6.60. The third-order valence-corrected chi connectivity index (χ3v) is 2.51. The van der Waals surface area contributed by atoms with E-state index in [1.54, 1.807) is 12.1 Å². The summed E-state index contributed by atoms with van der Waals surface area (Å²) < 4.78 is 5.35. The van der Waals surface area contributed by atoms with Crippen LogP contribution in [0, 0.1) is 0 Å². The van der Waals surface area contributed by atoms with Crippen LogP contribution in [0.3, 0.4) is 0 Å². The van der Waals surface area contributed by atoms with E-state index >= 15 is 0 Å². The normalized spacial score (nSPS) is 10.2. The van der Waals surface area contributed by atoms with Crippen molar-refractivity contribution in [2.24, 2.45) is 0 Å². The number of aryl methyl sites for hydroxylation is 1. The van der Waals surface area contributed by atoms with Gasteiger partial charge in [-0.2, -0.15) is 0 Å². The smallest absolute Gasteiger partial charge is 0.335 e. The van der Waals surface area contributed by atoms with Crippen molar-refractivity contribution in [1.82, 2.24) is 4.98 Å². The van der Waals surface area contributed by atoms with Crippen LogP contribution in [0.4, 0.5) is 5.82 Å². The van der Waals surface area contributed by atoms with Gasteiger partial charge in [-0.15, -0.1) is 6.58 Å². The van der Waals surface area contributed by atoms with Gasteiger partial charge in [-0.3, -0.25) is 0 Å². The van der Waals surface area contributed by atoms with Gasteiger partial charge in [-0.25, -0.2) is 9.78 Å². The number of aromatic carboxylic acids is 1. The zero-order valence-corrected chi connectivity index (χ0v) is 11.2. The van der Waals surface area contributed by atoms with E-state index in [1.807, 2.05) is 6.92 Å². The van der Waals surface area contributed by atoms with Crippen LogP contribution in [0.25, 0.3) is 0 Å². The van der Waals surface area contributed by atoms with Gasteiger partial charge in [0.15, 0.2) is 0 Å². The molecule has 1 rings (SSSR count). The number of carbonyl (C=O) groups is 1. The van der Waals surface area contributed by atoms with Crippen molar-refractivity contribution >= 4 is 11.8 Å². The van der Waals surface area contributed by atoms with Crippen LogP contribution < -0.4 is 5.32 Å². The lowest BCUT2D eigenvalue weighted by atomic mass is 10.2. The molecule has 19 heavy (non-hydrogen) atoms. The molecule has 0 saturated heterocycles. The summed E-state index contributed by atoms with van der Waals surface area (Å²) in [6.45, 7) is 7.34. The number of anilines is 1. The number of carboxylic acid groups (broad SMARTS) is 1. The Hall–Kier alpha value is -1.88. The van der Waals surface area contributed by atoms with Crippen LogP contribution in [0.15, 0.2) is 24.8 Å². The Bertz CT molecular complexity index is 433. The predicted molar refractivity (Wildman–Crippen MR) is 74.7 cm³/mol. The number of aromatic nitrogens is 1. The average Bonchev–Trinajstić information content (AvgIpc) is 2.42. The molecule has 5 nitrogen and oxygen atoms in total. The number of ether oxygens (including phenoxy) is 1. The summed E-state index contributed by atoms with van der Waals surface area (Å²) in [7, 11) is 0. The highest BCUT2D eigenvalue weighted by atomic mass is 16.5. The molecule has 0 amide bonds. The van der Waals surface area contributed by atoms with Gasteiger partial charge in [0, 0.05) is 12.2 Å². The Labute approximate surface area is 113 Å². The van der Waals surface area contributed by atoms with Crippen LogP contribution in [-0.4, -0.2) is 35.8 Å². The summed E-state index contributed by atoms with van der Waals surface area (Å²) in [6, 6.07) is 3.12. The van der Waals surface area contributed by atoms with Gasteiger partial charge in [0.05, 0.1) is 18.8 Å². The maximum absolute atomic E-state index is 11.0. The molecule has 2 N–H and O–H groups in total. The van der Waals surface area contributed by atoms with Crippen LogP contribution >= 0.6 is 0 Å². The number of hydrogen-bond donors (Lipinski definition) is 2. The van der Waals surface area contributed by atoms with Crippen molar-refractivity contribution in [3.05, 3.63) is 36.0 Å². The largest absolute Gasteiger partial charge is 0.478 e. The van der Waals surface area contributed by atoms with Crippen molar-refractivity contribution in [3.8, 4) is 0 Å².